The Labute approximate surface area is 147 Å². The molecule has 1 aromatic carbocycles. The van der Waals surface area contributed by atoms with Crippen molar-refractivity contribution in [3.05, 3.63) is 33.9 Å². The van der Waals surface area contributed by atoms with Gasteiger partial charge in [0.1, 0.15) is 28.9 Å². The van der Waals surface area contributed by atoms with Crippen molar-refractivity contribution in [3.8, 4) is 23.1 Å². The Bertz CT molecular complexity index is 908. The van der Waals surface area contributed by atoms with E-state index in [-0.39, 0.29) is 59.5 Å². The number of nitrogens with zero attached hydrogens (tertiary/aromatic N) is 4. The summed E-state index contributed by atoms with van der Waals surface area (Å²) in [7, 11) is 0. The molecule has 0 saturated carbocycles. The average Bonchev–Trinajstić information content (AvgIpc) is 2.57. The van der Waals surface area contributed by atoms with Crippen molar-refractivity contribution in [2.24, 2.45) is 0 Å². The fourth-order valence-corrected chi connectivity index (χ4v) is 2.17. The average molecular weight is 358 g/mol. The quantitative estimate of drug-likeness (QED) is 0.369. The highest BCUT2D eigenvalue weighted by atomic mass is 16.6. The van der Waals surface area contributed by atoms with Crippen molar-refractivity contribution in [3.63, 3.8) is 0 Å². The summed E-state index contributed by atoms with van der Waals surface area (Å²) in [6.45, 7) is 0.0999. The van der Waals surface area contributed by atoms with Crippen LogP contribution in [0.1, 0.15) is 18.4 Å². The molecule has 0 aliphatic carbocycles. The molecule has 2 aromatic rings. The standard InChI is InChI=1S/C15H14N6O5/c16-7-10-13(19-15(18)20-14(10)17)9-6-8(3-4-11(9)21(24)25)26-5-1-2-12(22)23/h3-4,6H,1-2,5H2,(H,22,23)(H4,17,18,19,20). The highest BCUT2D eigenvalue weighted by molar-refractivity contribution is 5.80. The number of carbonyl (C=O) groups is 1. The number of hydrogen-bond donors (Lipinski definition) is 3. The second-order valence-corrected chi connectivity index (χ2v) is 5.08. The lowest BCUT2D eigenvalue weighted by Crippen LogP contribution is -2.06. The number of carboxylic acids is 1. The maximum absolute atomic E-state index is 11.3. The molecular formula is C15H14N6O5. The summed E-state index contributed by atoms with van der Waals surface area (Å²) >= 11 is 0. The van der Waals surface area contributed by atoms with E-state index in [1.165, 1.54) is 18.2 Å². The number of nitrogens with two attached hydrogens (primary N) is 2. The maximum atomic E-state index is 11.3. The van der Waals surface area contributed by atoms with Crippen LogP contribution in [-0.2, 0) is 4.79 Å². The zero-order valence-corrected chi connectivity index (χ0v) is 13.4. The summed E-state index contributed by atoms with van der Waals surface area (Å²) in [4.78, 5) is 28.8. The minimum Gasteiger partial charge on any atom is -0.494 e. The smallest absolute Gasteiger partial charge is 0.303 e. The van der Waals surface area contributed by atoms with Gasteiger partial charge in [-0.05, 0) is 18.6 Å². The first-order chi connectivity index (χ1) is 12.3. The lowest BCUT2D eigenvalue weighted by atomic mass is 10.0. The van der Waals surface area contributed by atoms with E-state index in [0.29, 0.717) is 0 Å². The molecule has 0 radical (unpaired) electrons. The topological polar surface area (TPSA) is 191 Å². The molecule has 2 rings (SSSR count). The first kappa shape index (κ1) is 18.4. The predicted octanol–water partition coefficient (Wildman–Crippen LogP) is 1.33. The van der Waals surface area contributed by atoms with Crippen LogP contribution in [0.25, 0.3) is 11.3 Å². The number of carboxylic acid groups (broad SMARTS) is 1. The summed E-state index contributed by atoms with van der Waals surface area (Å²) in [6, 6.07) is 5.68. The van der Waals surface area contributed by atoms with Crippen molar-refractivity contribution < 1.29 is 19.6 Å². The zero-order chi connectivity index (χ0) is 19.3. The van der Waals surface area contributed by atoms with Crippen molar-refractivity contribution in [1.29, 1.82) is 5.26 Å². The fourth-order valence-electron chi connectivity index (χ4n) is 2.17. The summed E-state index contributed by atoms with van der Waals surface area (Å²) < 4.78 is 5.41. The van der Waals surface area contributed by atoms with Crippen molar-refractivity contribution in [1.82, 2.24) is 9.97 Å². The van der Waals surface area contributed by atoms with E-state index in [2.05, 4.69) is 9.97 Å². The maximum Gasteiger partial charge on any atom is 0.303 e. The van der Waals surface area contributed by atoms with E-state index in [0.717, 1.165) is 0 Å². The number of anilines is 2. The number of nitro benzene ring substituents is 1. The van der Waals surface area contributed by atoms with Crippen molar-refractivity contribution in [2.75, 3.05) is 18.1 Å². The Kier molecular flexibility index (Phi) is 5.49. The number of nitro groups is 1. The highest BCUT2D eigenvalue weighted by Gasteiger charge is 2.23. The number of aromatic nitrogens is 2. The number of aliphatic carboxylic acids is 1. The lowest BCUT2D eigenvalue weighted by molar-refractivity contribution is -0.384. The summed E-state index contributed by atoms with van der Waals surface area (Å²) in [5, 5.41) is 29.2. The normalized spacial score (nSPS) is 10.1. The third-order valence-corrected chi connectivity index (χ3v) is 3.29. The first-order valence-corrected chi connectivity index (χ1v) is 7.30. The van der Waals surface area contributed by atoms with Gasteiger partial charge in [-0.15, -0.1) is 0 Å². The van der Waals surface area contributed by atoms with Crippen LogP contribution in [-0.4, -0.2) is 32.6 Å². The molecule has 1 heterocycles. The van der Waals surface area contributed by atoms with E-state index in [1.807, 2.05) is 0 Å². The van der Waals surface area contributed by atoms with Gasteiger partial charge in [0.2, 0.25) is 5.95 Å². The second kappa shape index (κ2) is 7.75. The molecule has 0 amide bonds. The molecule has 0 aliphatic heterocycles. The van der Waals surface area contributed by atoms with Crippen molar-refractivity contribution >= 4 is 23.4 Å². The molecule has 0 fully saturated rings. The van der Waals surface area contributed by atoms with Crippen LogP contribution in [0.15, 0.2) is 18.2 Å². The third-order valence-electron chi connectivity index (χ3n) is 3.29. The number of hydrogen-bond acceptors (Lipinski definition) is 9. The number of ether oxygens (including phenoxy) is 1. The monoisotopic (exact) mass is 358 g/mol. The van der Waals surface area contributed by atoms with Crippen LogP contribution < -0.4 is 16.2 Å². The molecule has 0 aliphatic rings. The minimum atomic E-state index is -0.955. The Morgan fingerprint density at radius 2 is 2.12 bits per heavy atom. The molecule has 0 unspecified atom stereocenters. The first-order valence-electron chi connectivity index (χ1n) is 7.30. The third kappa shape index (κ3) is 4.12. The van der Waals surface area contributed by atoms with Crippen LogP contribution in [0.3, 0.4) is 0 Å². The molecule has 5 N–H and O–H groups in total. The number of benzene rings is 1. The molecule has 134 valence electrons. The summed E-state index contributed by atoms with van der Waals surface area (Å²) in [5.41, 5.74) is 10.6. The van der Waals surface area contributed by atoms with Gasteiger partial charge in [0.15, 0.2) is 0 Å². The van der Waals surface area contributed by atoms with Crippen LogP contribution in [0.2, 0.25) is 0 Å². The van der Waals surface area contributed by atoms with Crippen LogP contribution in [0.4, 0.5) is 17.5 Å². The Morgan fingerprint density at radius 1 is 1.38 bits per heavy atom. The van der Waals surface area contributed by atoms with Gasteiger partial charge in [-0.2, -0.15) is 10.2 Å². The number of nitrogen functional groups attached to an aromatic ring is 2. The fraction of sp³-hybridized carbons (Fsp3) is 0.200. The summed E-state index contributed by atoms with van der Waals surface area (Å²) in [5.74, 6) is -1.14. The molecule has 0 saturated heterocycles. The highest BCUT2D eigenvalue weighted by Crippen LogP contribution is 2.35. The number of nitriles is 1. The van der Waals surface area contributed by atoms with Gasteiger partial charge in [0.05, 0.1) is 17.1 Å². The lowest BCUT2D eigenvalue weighted by Gasteiger charge is -2.10. The molecular weight excluding hydrogens is 344 g/mol. The predicted molar refractivity (Wildman–Crippen MR) is 90.0 cm³/mol. The largest absolute Gasteiger partial charge is 0.494 e. The van der Waals surface area contributed by atoms with Gasteiger partial charge in [-0.1, -0.05) is 0 Å². The van der Waals surface area contributed by atoms with Gasteiger partial charge in [-0.25, -0.2) is 4.98 Å². The minimum absolute atomic E-state index is 0.0110. The van der Waals surface area contributed by atoms with E-state index in [1.54, 1.807) is 6.07 Å². The van der Waals surface area contributed by atoms with Gasteiger partial charge in [0, 0.05) is 12.5 Å². The molecule has 0 atom stereocenters. The molecule has 0 bridgehead atoms. The summed E-state index contributed by atoms with van der Waals surface area (Å²) in [6.07, 6.45) is 0.190. The van der Waals surface area contributed by atoms with Gasteiger partial charge in [0.25, 0.3) is 5.69 Å². The van der Waals surface area contributed by atoms with Crippen LogP contribution in [0.5, 0.6) is 5.75 Å². The number of rotatable bonds is 7. The molecule has 1 aromatic heterocycles. The van der Waals surface area contributed by atoms with E-state index in [4.69, 9.17) is 21.3 Å². The molecule has 0 spiro atoms. The SMILES string of the molecule is N#Cc1c(N)nc(N)nc1-c1cc(OCCCC(=O)O)ccc1[N+](=O)[O-]. The Balaban J connectivity index is 2.46. The molecule has 11 nitrogen and oxygen atoms in total. The second-order valence-electron chi connectivity index (χ2n) is 5.08. The van der Waals surface area contributed by atoms with E-state index in [9.17, 15) is 20.2 Å². The molecule has 11 heteroatoms. The zero-order valence-electron chi connectivity index (χ0n) is 13.4. The van der Waals surface area contributed by atoms with Crippen LogP contribution >= 0.6 is 0 Å². The van der Waals surface area contributed by atoms with E-state index >= 15 is 0 Å². The van der Waals surface area contributed by atoms with E-state index < -0.39 is 10.9 Å². The van der Waals surface area contributed by atoms with Gasteiger partial charge in [-0.3, -0.25) is 14.9 Å². The van der Waals surface area contributed by atoms with Crippen LogP contribution in [0, 0.1) is 21.4 Å². The molecule has 26 heavy (non-hydrogen) atoms. The Morgan fingerprint density at radius 3 is 2.73 bits per heavy atom. The Hall–Kier alpha value is -3.94. The van der Waals surface area contributed by atoms with Gasteiger partial charge >= 0.3 is 5.97 Å². The van der Waals surface area contributed by atoms with Gasteiger partial charge < -0.3 is 21.3 Å². The van der Waals surface area contributed by atoms with Crippen molar-refractivity contribution in [2.45, 2.75) is 12.8 Å².